The zero-order valence-corrected chi connectivity index (χ0v) is 34.9. The first kappa shape index (κ1) is 37.2. The Morgan fingerprint density at radius 1 is 0.219 bits per heavy atom. The van der Waals surface area contributed by atoms with Crippen molar-refractivity contribution in [3.63, 3.8) is 0 Å². The summed E-state index contributed by atoms with van der Waals surface area (Å²) >= 11 is 0. The van der Waals surface area contributed by atoms with Crippen LogP contribution in [0.15, 0.2) is 237 Å². The first-order valence-corrected chi connectivity index (χ1v) is 21.8. The topological polar surface area (TPSA) is 38.7 Å². The molecule has 0 saturated carbocycles. The van der Waals surface area contributed by atoms with Crippen LogP contribution in [0.5, 0.6) is 0 Å². The molecule has 0 bridgehead atoms. The molecule has 0 unspecified atom stereocenters. The van der Waals surface area contributed by atoms with Crippen LogP contribution in [0.3, 0.4) is 0 Å². The third-order valence-electron chi connectivity index (χ3n) is 12.5. The van der Waals surface area contributed by atoms with Crippen LogP contribution < -0.4 is 0 Å². The first-order valence-electron chi connectivity index (χ1n) is 21.8. The molecule has 2 aromatic heterocycles. The van der Waals surface area contributed by atoms with E-state index in [9.17, 15) is 0 Å². The Balaban J connectivity index is 0.935. The average Bonchev–Trinajstić information content (AvgIpc) is 3.39. The number of para-hydroxylation sites is 1. The Morgan fingerprint density at radius 3 is 1.23 bits per heavy atom. The first-order chi connectivity index (χ1) is 31.7. The van der Waals surface area contributed by atoms with E-state index in [2.05, 4.69) is 224 Å². The van der Waals surface area contributed by atoms with Gasteiger partial charge in [0.05, 0.1) is 22.6 Å². The number of hydrogen-bond acceptors (Lipinski definition) is 3. The van der Waals surface area contributed by atoms with E-state index in [1.807, 2.05) is 12.1 Å². The zero-order chi connectivity index (χ0) is 42.4. The number of pyridine rings is 1. The normalized spacial score (nSPS) is 11.4. The van der Waals surface area contributed by atoms with Gasteiger partial charge in [0.25, 0.3) is 0 Å². The van der Waals surface area contributed by atoms with E-state index >= 15 is 0 Å². The maximum atomic E-state index is 5.36. The van der Waals surface area contributed by atoms with Crippen LogP contribution in [0.25, 0.3) is 122 Å². The Hall–Kier alpha value is -8.53. The number of hydrogen-bond donors (Lipinski definition) is 0. The van der Waals surface area contributed by atoms with Crippen molar-refractivity contribution in [3.05, 3.63) is 237 Å². The lowest BCUT2D eigenvalue weighted by molar-refractivity contribution is 1.18. The van der Waals surface area contributed by atoms with Crippen molar-refractivity contribution in [2.45, 2.75) is 0 Å². The summed E-state index contributed by atoms with van der Waals surface area (Å²) in [6.45, 7) is 0. The second kappa shape index (κ2) is 15.7. The van der Waals surface area contributed by atoms with Crippen LogP contribution in [0.4, 0.5) is 0 Å². The fraction of sp³-hybridized carbons (Fsp3) is 0. The lowest BCUT2D eigenvalue weighted by atomic mass is 9.89. The summed E-state index contributed by atoms with van der Waals surface area (Å²) in [7, 11) is 0. The average molecular weight is 814 g/mol. The summed E-state index contributed by atoms with van der Waals surface area (Å²) in [5.41, 5.74) is 14.7. The molecule has 0 N–H and O–H groups in total. The molecule has 0 saturated heterocycles. The minimum absolute atomic E-state index is 0.686. The van der Waals surface area contributed by atoms with E-state index < -0.39 is 0 Å². The van der Waals surface area contributed by atoms with Gasteiger partial charge in [0.15, 0.2) is 5.82 Å². The summed E-state index contributed by atoms with van der Waals surface area (Å²) in [4.78, 5) is 15.8. The molecule has 12 aromatic rings. The zero-order valence-electron chi connectivity index (χ0n) is 34.9. The van der Waals surface area contributed by atoms with Gasteiger partial charge in [-0.05, 0) is 79.2 Å². The molecule has 0 radical (unpaired) electrons. The molecule has 0 aliphatic carbocycles. The van der Waals surface area contributed by atoms with Gasteiger partial charge in [0, 0.05) is 38.4 Å². The standard InChI is InChI=1S/C61H39N3/c1-3-15-40(16-4-1)46-19-13-21-48(37-46)57-39-56(63-61(64-57)49-22-14-20-47(38-49)41-17-5-2-6-18-41)44-33-29-42(30-34-44)43-31-35-45(36-32-43)60-59-53-26-10-8-24-51(53)50-23-7-9-25-52(50)58(59)54-27-11-12-28-55(54)62-60/h1-39H. The smallest absolute Gasteiger partial charge is 0.160 e. The number of nitrogens with zero attached hydrogens (tertiary/aromatic N) is 3. The predicted octanol–water partition coefficient (Wildman–Crippen LogP) is 16.2. The minimum Gasteiger partial charge on any atom is -0.247 e. The van der Waals surface area contributed by atoms with Crippen LogP contribution in [-0.4, -0.2) is 15.0 Å². The van der Waals surface area contributed by atoms with E-state index in [-0.39, 0.29) is 0 Å². The van der Waals surface area contributed by atoms with Crippen molar-refractivity contribution in [2.24, 2.45) is 0 Å². The molecule has 0 atom stereocenters. The van der Waals surface area contributed by atoms with Gasteiger partial charge in [0.1, 0.15) is 0 Å². The van der Waals surface area contributed by atoms with E-state index in [1.54, 1.807) is 0 Å². The van der Waals surface area contributed by atoms with Crippen molar-refractivity contribution in [3.8, 4) is 78.5 Å². The monoisotopic (exact) mass is 813 g/mol. The van der Waals surface area contributed by atoms with Crippen molar-refractivity contribution < 1.29 is 0 Å². The van der Waals surface area contributed by atoms with E-state index in [0.29, 0.717) is 5.82 Å². The summed E-state index contributed by atoms with van der Waals surface area (Å²) in [5, 5.41) is 8.57. The highest BCUT2D eigenvalue weighted by molar-refractivity contribution is 6.33. The van der Waals surface area contributed by atoms with Gasteiger partial charge in [-0.15, -0.1) is 0 Å². The van der Waals surface area contributed by atoms with Crippen LogP contribution in [0.1, 0.15) is 0 Å². The van der Waals surface area contributed by atoms with Crippen LogP contribution in [0.2, 0.25) is 0 Å². The third kappa shape index (κ3) is 6.68. The summed E-state index contributed by atoms with van der Waals surface area (Å²) in [5.74, 6) is 0.686. The molecule has 0 spiro atoms. The van der Waals surface area contributed by atoms with Gasteiger partial charge in [-0.3, -0.25) is 0 Å². The molecular weight excluding hydrogens is 775 g/mol. The second-order valence-electron chi connectivity index (χ2n) is 16.3. The minimum atomic E-state index is 0.686. The fourth-order valence-corrected chi connectivity index (χ4v) is 9.32. The summed E-state index contributed by atoms with van der Waals surface area (Å²) in [6, 6.07) is 83.9. The molecule has 12 rings (SSSR count). The van der Waals surface area contributed by atoms with Crippen LogP contribution >= 0.6 is 0 Å². The Kier molecular flexibility index (Phi) is 9.16. The van der Waals surface area contributed by atoms with Gasteiger partial charge in [0.2, 0.25) is 0 Å². The van der Waals surface area contributed by atoms with Gasteiger partial charge in [-0.1, -0.05) is 212 Å². The Labute approximate surface area is 371 Å². The molecule has 64 heavy (non-hydrogen) atoms. The predicted molar refractivity (Wildman–Crippen MR) is 268 cm³/mol. The highest BCUT2D eigenvalue weighted by Gasteiger charge is 2.18. The highest BCUT2D eigenvalue weighted by atomic mass is 14.9. The third-order valence-corrected chi connectivity index (χ3v) is 12.5. The lowest BCUT2D eigenvalue weighted by Gasteiger charge is -2.16. The van der Waals surface area contributed by atoms with Crippen molar-refractivity contribution >= 4 is 43.2 Å². The van der Waals surface area contributed by atoms with Gasteiger partial charge in [-0.25, -0.2) is 15.0 Å². The molecule has 3 nitrogen and oxygen atoms in total. The summed E-state index contributed by atoms with van der Waals surface area (Å²) < 4.78 is 0. The number of benzene rings is 10. The summed E-state index contributed by atoms with van der Waals surface area (Å²) in [6.07, 6.45) is 0. The quantitative estimate of drug-likeness (QED) is 0.150. The maximum Gasteiger partial charge on any atom is 0.160 e. The molecule has 3 heteroatoms. The van der Waals surface area contributed by atoms with Crippen LogP contribution in [-0.2, 0) is 0 Å². The van der Waals surface area contributed by atoms with Crippen molar-refractivity contribution in [1.29, 1.82) is 0 Å². The highest BCUT2D eigenvalue weighted by Crippen LogP contribution is 2.43. The number of rotatable bonds is 7. The number of fused-ring (bicyclic) bond motifs is 8. The molecular formula is C61H39N3. The van der Waals surface area contributed by atoms with E-state index in [4.69, 9.17) is 15.0 Å². The molecule has 298 valence electrons. The number of aromatic nitrogens is 3. The van der Waals surface area contributed by atoms with Gasteiger partial charge >= 0.3 is 0 Å². The molecule has 0 aliphatic heterocycles. The lowest BCUT2D eigenvalue weighted by Crippen LogP contribution is -1.96. The Morgan fingerprint density at radius 2 is 0.625 bits per heavy atom. The van der Waals surface area contributed by atoms with Crippen molar-refractivity contribution in [2.75, 3.05) is 0 Å². The molecule has 0 aliphatic rings. The van der Waals surface area contributed by atoms with E-state index in [1.165, 1.54) is 43.3 Å². The van der Waals surface area contributed by atoms with Gasteiger partial charge in [-0.2, -0.15) is 0 Å². The fourth-order valence-electron chi connectivity index (χ4n) is 9.32. The van der Waals surface area contributed by atoms with Crippen molar-refractivity contribution in [1.82, 2.24) is 15.0 Å². The molecule has 0 amide bonds. The SMILES string of the molecule is c1ccc(-c2cccc(-c3cc(-c4ccc(-c5ccc(-c6nc7ccccc7c7c8ccccc8c8ccccc8c67)cc5)cc4)nc(-c4cccc(-c5ccccc5)c4)n3)c2)cc1. The second-order valence-corrected chi connectivity index (χ2v) is 16.3. The Bertz CT molecular complexity index is 3590. The molecule has 10 aromatic carbocycles. The van der Waals surface area contributed by atoms with E-state index in [0.717, 1.165) is 72.7 Å². The molecule has 0 fully saturated rings. The largest absolute Gasteiger partial charge is 0.247 e. The molecule has 2 heterocycles. The van der Waals surface area contributed by atoms with Gasteiger partial charge < -0.3 is 0 Å². The van der Waals surface area contributed by atoms with Crippen LogP contribution in [0, 0.1) is 0 Å². The maximum absolute atomic E-state index is 5.36.